The zero-order chi connectivity index (χ0) is 14.6. The molecule has 2 aromatic heterocycles. The van der Waals surface area contributed by atoms with Crippen LogP contribution in [0.4, 0.5) is 4.39 Å². The van der Waals surface area contributed by atoms with Gasteiger partial charge in [0.25, 0.3) is 0 Å². The molecule has 21 heavy (non-hydrogen) atoms. The summed E-state index contributed by atoms with van der Waals surface area (Å²) in [4.78, 5) is 16.5. The van der Waals surface area contributed by atoms with Crippen LogP contribution in [0.2, 0.25) is 0 Å². The Hall–Kier alpha value is -2.01. The Kier molecular flexibility index (Phi) is 2.72. The normalized spacial score (nSPS) is 17.4. The second kappa shape index (κ2) is 4.49. The van der Waals surface area contributed by atoms with Gasteiger partial charge in [0, 0.05) is 24.6 Å². The van der Waals surface area contributed by atoms with E-state index >= 15 is 0 Å². The molecular weight excluding hydrogens is 335 g/mol. The number of halogens is 2. The Balaban J connectivity index is 1.99. The summed E-state index contributed by atoms with van der Waals surface area (Å²) in [5.41, 5.74) is 2.85. The summed E-state index contributed by atoms with van der Waals surface area (Å²) in [6, 6.07) is 11.2. The summed E-state index contributed by atoms with van der Waals surface area (Å²) in [6.45, 7) is 0. The van der Waals surface area contributed by atoms with E-state index in [1.165, 1.54) is 6.07 Å². The quantitative estimate of drug-likeness (QED) is 0.669. The first kappa shape index (κ1) is 12.7. The Morgan fingerprint density at radius 2 is 2.05 bits per heavy atom. The minimum atomic E-state index is -0.380. The molecule has 0 amide bonds. The summed E-state index contributed by atoms with van der Waals surface area (Å²) in [6.07, 6.45) is 2.06. The van der Waals surface area contributed by atoms with Crippen molar-refractivity contribution >= 4 is 27.4 Å². The molecule has 104 valence electrons. The first-order valence-corrected chi connectivity index (χ1v) is 7.39. The van der Waals surface area contributed by atoms with Gasteiger partial charge in [0.2, 0.25) is 0 Å². The number of hydrogen-bond donors (Lipinski definition) is 0. The standard InChI is InChI=1S/C16H10BrFN2O/c17-11-8-20-14(7-12(11)18)19-15-13(21)6-10(16(15)20)9-4-2-1-3-5-9/h1-5,7-8,10H,6H2/t10-/m1/s1. The van der Waals surface area contributed by atoms with Crippen LogP contribution >= 0.6 is 15.9 Å². The number of hydrogen-bond acceptors (Lipinski definition) is 2. The van der Waals surface area contributed by atoms with E-state index in [2.05, 4.69) is 20.9 Å². The Labute approximate surface area is 128 Å². The molecule has 1 aliphatic rings. The lowest BCUT2D eigenvalue weighted by molar-refractivity contribution is 0.0987. The first-order valence-electron chi connectivity index (χ1n) is 6.60. The lowest BCUT2D eigenvalue weighted by Gasteiger charge is -2.11. The maximum Gasteiger partial charge on any atom is 0.184 e. The van der Waals surface area contributed by atoms with E-state index in [0.717, 1.165) is 11.3 Å². The molecule has 1 aromatic carbocycles. The zero-order valence-corrected chi connectivity index (χ0v) is 12.5. The van der Waals surface area contributed by atoms with Crippen molar-refractivity contribution in [1.82, 2.24) is 9.38 Å². The average Bonchev–Trinajstić information content (AvgIpc) is 2.99. The molecule has 0 radical (unpaired) electrons. The summed E-state index contributed by atoms with van der Waals surface area (Å²) in [7, 11) is 0. The topological polar surface area (TPSA) is 34.4 Å². The van der Waals surface area contributed by atoms with Crippen molar-refractivity contribution in [3.05, 3.63) is 69.8 Å². The molecule has 3 nitrogen and oxygen atoms in total. The largest absolute Gasteiger partial charge is 0.301 e. The van der Waals surface area contributed by atoms with E-state index in [9.17, 15) is 9.18 Å². The fourth-order valence-corrected chi connectivity index (χ4v) is 3.26. The van der Waals surface area contributed by atoms with Crippen LogP contribution in [0.25, 0.3) is 5.65 Å². The highest BCUT2D eigenvalue weighted by atomic mass is 79.9. The van der Waals surface area contributed by atoms with E-state index in [1.54, 1.807) is 6.20 Å². The van der Waals surface area contributed by atoms with Crippen LogP contribution in [0.5, 0.6) is 0 Å². The summed E-state index contributed by atoms with van der Waals surface area (Å²) in [5.74, 6) is -0.393. The molecule has 0 spiro atoms. The van der Waals surface area contributed by atoms with Gasteiger partial charge in [0.15, 0.2) is 5.78 Å². The van der Waals surface area contributed by atoms with Gasteiger partial charge in [-0.25, -0.2) is 9.37 Å². The third-order valence-electron chi connectivity index (χ3n) is 3.89. The van der Waals surface area contributed by atoms with Gasteiger partial charge in [-0.2, -0.15) is 0 Å². The zero-order valence-electron chi connectivity index (χ0n) is 10.9. The Bertz CT molecular complexity index is 873. The molecule has 4 rings (SSSR count). The smallest absolute Gasteiger partial charge is 0.184 e. The number of rotatable bonds is 1. The van der Waals surface area contributed by atoms with Crippen molar-refractivity contribution in [3.63, 3.8) is 0 Å². The van der Waals surface area contributed by atoms with Crippen molar-refractivity contribution < 1.29 is 9.18 Å². The monoisotopic (exact) mass is 344 g/mol. The highest BCUT2D eigenvalue weighted by Crippen LogP contribution is 2.38. The molecule has 0 bridgehead atoms. The Morgan fingerprint density at radius 3 is 2.81 bits per heavy atom. The summed E-state index contributed by atoms with van der Waals surface area (Å²) < 4.78 is 15.8. The number of imidazole rings is 1. The fraction of sp³-hybridized carbons (Fsp3) is 0.125. The molecule has 0 aliphatic heterocycles. The lowest BCUT2D eigenvalue weighted by atomic mass is 9.97. The second-order valence-electron chi connectivity index (χ2n) is 5.13. The molecule has 0 saturated carbocycles. The fourth-order valence-electron chi connectivity index (χ4n) is 2.94. The number of carbonyl (C=O) groups is 1. The molecule has 5 heteroatoms. The van der Waals surface area contributed by atoms with Crippen LogP contribution in [0.1, 0.15) is 34.1 Å². The van der Waals surface area contributed by atoms with Gasteiger partial charge < -0.3 is 4.40 Å². The van der Waals surface area contributed by atoms with E-state index in [1.807, 2.05) is 34.7 Å². The average molecular weight is 345 g/mol. The van der Waals surface area contributed by atoms with Crippen LogP contribution in [0.3, 0.4) is 0 Å². The van der Waals surface area contributed by atoms with Gasteiger partial charge in [0.05, 0.1) is 10.2 Å². The molecular formula is C16H10BrFN2O. The van der Waals surface area contributed by atoms with Crippen LogP contribution in [-0.4, -0.2) is 15.2 Å². The van der Waals surface area contributed by atoms with E-state index < -0.39 is 0 Å². The molecule has 1 aliphatic carbocycles. The van der Waals surface area contributed by atoms with Crippen LogP contribution in [0.15, 0.2) is 47.1 Å². The number of carbonyl (C=O) groups excluding carboxylic acids is 1. The predicted octanol–water partition coefficient (Wildman–Crippen LogP) is 3.95. The minimum Gasteiger partial charge on any atom is -0.301 e. The predicted molar refractivity (Wildman–Crippen MR) is 80.1 cm³/mol. The van der Waals surface area contributed by atoms with Crippen molar-refractivity contribution in [2.75, 3.05) is 0 Å². The minimum absolute atomic E-state index is 0.0130. The van der Waals surface area contributed by atoms with Gasteiger partial charge in [0.1, 0.15) is 17.2 Å². The van der Waals surface area contributed by atoms with Crippen LogP contribution in [-0.2, 0) is 0 Å². The maximum absolute atomic E-state index is 13.6. The van der Waals surface area contributed by atoms with Gasteiger partial charge in [-0.15, -0.1) is 0 Å². The molecule has 0 unspecified atom stereocenters. The van der Waals surface area contributed by atoms with E-state index in [-0.39, 0.29) is 17.5 Å². The Morgan fingerprint density at radius 1 is 1.29 bits per heavy atom. The van der Waals surface area contributed by atoms with Crippen LogP contribution < -0.4 is 0 Å². The SMILES string of the molecule is O=C1C[C@H](c2ccccc2)c2c1nc1cc(F)c(Br)cn21. The number of benzene rings is 1. The van der Waals surface area contributed by atoms with Crippen molar-refractivity contribution in [2.24, 2.45) is 0 Å². The van der Waals surface area contributed by atoms with E-state index in [4.69, 9.17) is 0 Å². The van der Waals surface area contributed by atoms with Crippen molar-refractivity contribution in [1.29, 1.82) is 0 Å². The molecule has 1 atom stereocenters. The van der Waals surface area contributed by atoms with E-state index in [0.29, 0.717) is 22.2 Å². The third kappa shape index (κ3) is 1.84. The first-order chi connectivity index (χ1) is 10.1. The van der Waals surface area contributed by atoms with Crippen molar-refractivity contribution in [3.8, 4) is 0 Å². The highest BCUT2D eigenvalue weighted by Gasteiger charge is 2.35. The maximum atomic E-state index is 13.6. The number of nitrogens with zero attached hydrogens (tertiary/aromatic N) is 2. The van der Waals surface area contributed by atoms with Gasteiger partial charge in [-0.1, -0.05) is 30.3 Å². The van der Waals surface area contributed by atoms with Crippen LogP contribution in [0, 0.1) is 5.82 Å². The second-order valence-corrected chi connectivity index (χ2v) is 5.99. The highest BCUT2D eigenvalue weighted by molar-refractivity contribution is 9.10. The molecule has 0 fully saturated rings. The summed E-state index contributed by atoms with van der Waals surface area (Å²) >= 11 is 3.19. The summed E-state index contributed by atoms with van der Waals surface area (Å²) in [5, 5.41) is 0. The van der Waals surface area contributed by atoms with Crippen molar-refractivity contribution in [2.45, 2.75) is 12.3 Å². The molecule has 3 aromatic rings. The van der Waals surface area contributed by atoms with Gasteiger partial charge in [-0.3, -0.25) is 4.79 Å². The van der Waals surface area contributed by atoms with Gasteiger partial charge >= 0.3 is 0 Å². The molecule has 0 saturated heterocycles. The molecule has 2 heterocycles. The number of pyridine rings is 1. The third-order valence-corrected chi connectivity index (χ3v) is 4.47. The lowest BCUT2D eigenvalue weighted by Crippen LogP contribution is -2.02. The molecule has 0 N–H and O–H groups in total. The number of ketones is 1. The number of fused-ring (bicyclic) bond motifs is 3. The number of Topliss-reactive ketones (excluding diaryl/α,β-unsaturated/α-hetero) is 1. The van der Waals surface area contributed by atoms with Gasteiger partial charge in [-0.05, 0) is 21.5 Å². The number of aromatic nitrogens is 2.